The van der Waals surface area contributed by atoms with Crippen molar-refractivity contribution < 1.29 is 9.47 Å². The molecule has 0 fully saturated rings. The smallest absolute Gasteiger partial charge is 0.147 e. The molecule has 0 heterocycles. The summed E-state index contributed by atoms with van der Waals surface area (Å²) in [5.41, 5.74) is 0.999. The van der Waals surface area contributed by atoms with Gasteiger partial charge in [0.2, 0.25) is 0 Å². The average molecular weight is 439 g/mol. The molecule has 0 spiro atoms. The molecule has 2 nitrogen and oxygen atoms in total. The topological polar surface area (TPSA) is 18.5 Å². The molecule has 0 aliphatic carbocycles. The van der Waals surface area contributed by atoms with Crippen LogP contribution in [0.25, 0.3) is 0 Å². The van der Waals surface area contributed by atoms with Crippen LogP contribution in [0.3, 0.4) is 0 Å². The van der Waals surface area contributed by atoms with Crippen LogP contribution in [0.5, 0.6) is 5.75 Å². The van der Waals surface area contributed by atoms with Crippen LogP contribution in [0.1, 0.15) is 104 Å². The number of benzene rings is 2. The third kappa shape index (κ3) is 9.77. The Bertz CT molecular complexity index is 695. The van der Waals surface area contributed by atoms with Crippen molar-refractivity contribution in [2.24, 2.45) is 5.92 Å². The van der Waals surface area contributed by atoms with E-state index < -0.39 is 0 Å². The first kappa shape index (κ1) is 26.5. The van der Waals surface area contributed by atoms with Gasteiger partial charge in [-0.05, 0) is 50.3 Å². The van der Waals surface area contributed by atoms with Crippen LogP contribution in [0, 0.1) is 5.92 Å². The van der Waals surface area contributed by atoms with E-state index in [1.165, 1.54) is 64.2 Å². The van der Waals surface area contributed by atoms with E-state index in [2.05, 4.69) is 58.0 Å². The Hall–Kier alpha value is -1.80. The van der Waals surface area contributed by atoms with Gasteiger partial charge >= 0.3 is 0 Å². The number of para-hydroxylation sites is 1. The quantitative estimate of drug-likeness (QED) is 0.229. The first-order chi connectivity index (χ1) is 15.6. The SMILES string of the molecule is CCCCCCCCC(CCCC)C(C)(C)OCC(Oc1ccccc1)c1ccccc1. The van der Waals surface area contributed by atoms with Gasteiger partial charge in [-0.15, -0.1) is 0 Å². The van der Waals surface area contributed by atoms with Crippen molar-refractivity contribution in [3.8, 4) is 5.75 Å². The Balaban J connectivity index is 1.99. The fourth-order valence-electron chi connectivity index (χ4n) is 4.40. The monoisotopic (exact) mass is 438 g/mol. The minimum Gasteiger partial charge on any atom is -0.483 e. The normalized spacial score (nSPS) is 13.6. The minimum absolute atomic E-state index is 0.112. The third-order valence-electron chi connectivity index (χ3n) is 6.60. The van der Waals surface area contributed by atoms with Crippen LogP contribution in [-0.4, -0.2) is 12.2 Å². The van der Waals surface area contributed by atoms with Gasteiger partial charge in [-0.2, -0.15) is 0 Å². The van der Waals surface area contributed by atoms with Gasteiger partial charge in [0.05, 0.1) is 12.2 Å². The van der Waals surface area contributed by atoms with Gasteiger partial charge in [0, 0.05) is 0 Å². The van der Waals surface area contributed by atoms with E-state index in [1.807, 2.05) is 30.3 Å². The number of hydrogen-bond donors (Lipinski definition) is 0. The molecule has 2 aromatic carbocycles. The van der Waals surface area contributed by atoms with Crippen LogP contribution < -0.4 is 4.74 Å². The lowest BCUT2D eigenvalue weighted by Gasteiger charge is -2.36. The molecule has 2 rings (SSSR count). The maximum Gasteiger partial charge on any atom is 0.147 e. The van der Waals surface area contributed by atoms with Crippen LogP contribution in [-0.2, 0) is 4.74 Å². The summed E-state index contributed by atoms with van der Waals surface area (Å²) < 4.78 is 13.0. The van der Waals surface area contributed by atoms with E-state index in [-0.39, 0.29) is 11.7 Å². The molecular formula is C30H46O2. The average Bonchev–Trinajstić information content (AvgIpc) is 2.82. The second-order valence-electron chi connectivity index (χ2n) is 9.64. The molecule has 32 heavy (non-hydrogen) atoms. The summed E-state index contributed by atoms with van der Waals surface area (Å²) in [6.07, 6.45) is 13.0. The first-order valence-corrected chi connectivity index (χ1v) is 13.0. The lowest BCUT2D eigenvalue weighted by molar-refractivity contribution is -0.0916. The molecular weight excluding hydrogens is 392 g/mol. The second kappa shape index (κ2) is 15.1. The van der Waals surface area contributed by atoms with Gasteiger partial charge in [-0.1, -0.05) is 114 Å². The highest BCUT2D eigenvalue weighted by Crippen LogP contribution is 2.33. The molecule has 0 saturated carbocycles. The van der Waals surface area contributed by atoms with Gasteiger partial charge in [-0.25, -0.2) is 0 Å². The van der Waals surface area contributed by atoms with Crippen molar-refractivity contribution in [3.05, 3.63) is 66.2 Å². The Labute approximate surface area is 197 Å². The maximum absolute atomic E-state index is 6.65. The summed E-state index contributed by atoms with van der Waals surface area (Å²) >= 11 is 0. The van der Waals surface area contributed by atoms with Gasteiger partial charge in [-0.3, -0.25) is 0 Å². The molecule has 0 amide bonds. The Morgan fingerprint density at radius 2 is 1.25 bits per heavy atom. The number of hydrogen-bond acceptors (Lipinski definition) is 2. The molecule has 2 heteroatoms. The zero-order valence-electron chi connectivity index (χ0n) is 21.0. The van der Waals surface area contributed by atoms with E-state index in [1.54, 1.807) is 0 Å². The zero-order chi connectivity index (χ0) is 23.1. The summed E-state index contributed by atoms with van der Waals surface area (Å²) in [5.74, 6) is 1.47. The zero-order valence-corrected chi connectivity index (χ0v) is 21.0. The minimum atomic E-state index is -0.161. The molecule has 0 saturated heterocycles. The van der Waals surface area contributed by atoms with Gasteiger partial charge in [0.25, 0.3) is 0 Å². The first-order valence-electron chi connectivity index (χ1n) is 13.0. The Kier molecular flexibility index (Phi) is 12.5. The maximum atomic E-state index is 6.65. The van der Waals surface area contributed by atoms with E-state index in [0.717, 1.165) is 11.3 Å². The number of unbranched alkanes of at least 4 members (excludes halogenated alkanes) is 6. The number of rotatable bonds is 17. The summed E-state index contributed by atoms with van der Waals surface area (Å²) in [7, 11) is 0. The molecule has 178 valence electrons. The van der Waals surface area contributed by atoms with Gasteiger partial charge in [0.15, 0.2) is 0 Å². The van der Waals surface area contributed by atoms with Crippen molar-refractivity contribution >= 4 is 0 Å². The van der Waals surface area contributed by atoms with Crippen molar-refractivity contribution in [3.63, 3.8) is 0 Å². The predicted octanol–water partition coefficient (Wildman–Crippen LogP) is 9.16. The molecule has 0 N–H and O–H groups in total. The summed E-state index contributed by atoms with van der Waals surface area (Å²) in [6, 6.07) is 20.6. The largest absolute Gasteiger partial charge is 0.483 e. The molecule has 0 aromatic heterocycles. The molecule has 0 radical (unpaired) electrons. The van der Waals surface area contributed by atoms with Gasteiger partial charge < -0.3 is 9.47 Å². The van der Waals surface area contributed by atoms with Crippen LogP contribution >= 0.6 is 0 Å². The van der Waals surface area contributed by atoms with E-state index in [9.17, 15) is 0 Å². The Morgan fingerprint density at radius 3 is 1.91 bits per heavy atom. The summed E-state index contributed by atoms with van der Waals surface area (Å²) in [6.45, 7) is 9.70. The summed E-state index contributed by atoms with van der Waals surface area (Å²) in [4.78, 5) is 0. The number of ether oxygens (including phenoxy) is 2. The molecule has 2 aromatic rings. The highest BCUT2D eigenvalue weighted by molar-refractivity contribution is 5.24. The lowest BCUT2D eigenvalue weighted by atomic mass is 9.82. The van der Waals surface area contributed by atoms with Crippen molar-refractivity contribution in [2.75, 3.05) is 6.61 Å². The fraction of sp³-hybridized carbons (Fsp3) is 0.600. The summed E-state index contributed by atoms with van der Waals surface area (Å²) in [5, 5.41) is 0. The van der Waals surface area contributed by atoms with Crippen LogP contribution in [0.4, 0.5) is 0 Å². The highest BCUT2D eigenvalue weighted by Gasteiger charge is 2.31. The lowest BCUT2D eigenvalue weighted by Crippen LogP contribution is -2.36. The van der Waals surface area contributed by atoms with Crippen LogP contribution in [0.15, 0.2) is 60.7 Å². The molecule has 2 atom stereocenters. The Morgan fingerprint density at radius 1 is 0.688 bits per heavy atom. The standard InChI is InChI=1S/C30H46O2/c1-5-7-9-10-11-16-22-27(21-8-6-2)30(3,4)31-25-29(26-19-14-12-15-20-26)32-28-23-17-13-18-24-28/h12-15,17-20,23-24,27,29H,5-11,16,21-22,25H2,1-4H3. The third-order valence-corrected chi connectivity index (χ3v) is 6.60. The van der Waals surface area contributed by atoms with Crippen molar-refractivity contribution in [1.82, 2.24) is 0 Å². The molecule has 2 unspecified atom stereocenters. The van der Waals surface area contributed by atoms with E-state index in [4.69, 9.17) is 9.47 Å². The van der Waals surface area contributed by atoms with Crippen molar-refractivity contribution in [1.29, 1.82) is 0 Å². The van der Waals surface area contributed by atoms with Crippen molar-refractivity contribution in [2.45, 2.75) is 104 Å². The molecule has 0 aliphatic rings. The van der Waals surface area contributed by atoms with Crippen LogP contribution in [0.2, 0.25) is 0 Å². The fourth-order valence-corrected chi connectivity index (χ4v) is 4.40. The molecule has 0 aliphatic heterocycles. The highest BCUT2D eigenvalue weighted by atomic mass is 16.5. The van der Waals surface area contributed by atoms with E-state index in [0.29, 0.717) is 12.5 Å². The second-order valence-corrected chi connectivity index (χ2v) is 9.64. The van der Waals surface area contributed by atoms with E-state index >= 15 is 0 Å². The predicted molar refractivity (Wildman–Crippen MR) is 137 cm³/mol. The van der Waals surface area contributed by atoms with Gasteiger partial charge in [0.1, 0.15) is 11.9 Å². The molecule has 0 bridgehead atoms.